The molecule has 0 aliphatic carbocycles. The van der Waals surface area contributed by atoms with E-state index in [1.54, 1.807) is 35.9 Å². The van der Waals surface area contributed by atoms with Crippen molar-refractivity contribution < 1.29 is 9.21 Å². The summed E-state index contributed by atoms with van der Waals surface area (Å²) in [5.74, 6) is 1.23. The molecule has 7 heteroatoms. The van der Waals surface area contributed by atoms with E-state index in [0.29, 0.717) is 28.8 Å². The minimum atomic E-state index is -0.446. The average Bonchev–Trinajstić information content (AvgIpc) is 2.94. The first-order valence-corrected chi connectivity index (χ1v) is 5.69. The maximum atomic E-state index is 11.0. The van der Waals surface area contributed by atoms with Gasteiger partial charge in [0.15, 0.2) is 17.2 Å². The molecule has 2 N–H and O–H groups in total. The lowest BCUT2D eigenvalue weighted by molar-refractivity contribution is -0.117. The number of nitrogens with zero attached hydrogens (tertiary/aromatic N) is 4. The zero-order valence-electron chi connectivity index (χ0n) is 10.2. The van der Waals surface area contributed by atoms with Crippen LogP contribution in [0, 0.1) is 6.92 Å². The van der Waals surface area contributed by atoms with Crippen LogP contribution in [0.1, 0.15) is 11.5 Å². The molecule has 0 saturated carbocycles. The molecule has 96 valence electrons. The van der Waals surface area contributed by atoms with E-state index in [0.717, 1.165) is 0 Å². The maximum absolute atomic E-state index is 11.0. The van der Waals surface area contributed by atoms with Gasteiger partial charge in [0.05, 0.1) is 18.4 Å². The number of fused-ring (bicyclic) bond motifs is 1. The molecule has 3 aromatic heterocycles. The van der Waals surface area contributed by atoms with Gasteiger partial charge in [-0.1, -0.05) is 0 Å². The second kappa shape index (κ2) is 4.20. The summed E-state index contributed by atoms with van der Waals surface area (Å²) in [5, 5.41) is 4.26. The molecule has 3 aromatic rings. The molecular formula is C12H11N5O2. The first-order valence-electron chi connectivity index (χ1n) is 5.69. The molecule has 19 heavy (non-hydrogen) atoms. The van der Waals surface area contributed by atoms with Crippen molar-refractivity contribution in [2.75, 3.05) is 0 Å². The van der Waals surface area contributed by atoms with Crippen LogP contribution in [0.3, 0.4) is 0 Å². The molecule has 3 heterocycles. The van der Waals surface area contributed by atoms with Crippen LogP contribution in [0.25, 0.3) is 17.2 Å². The van der Waals surface area contributed by atoms with Gasteiger partial charge in [-0.05, 0) is 19.1 Å². The Hall–Kier alpha value is -2.70. The van der Waals surface area contributed by atoms with Crippen molar-refractivity contribution in [3.63, 3.8) is 0 Å². The largest absolute Gasteiger partial charge is 0.461 e. The van der Waals surface area contributed by atoms with Gasteiger partial charge in [-0.3, -0.25) is 4.79 Å². The molecule has 1 amide bonds. The Morgan fingerprint density at radius 1 is 1.47 bits per heavy atom. The lowest BCUT2D eigenvalue weighted by Gasteiger charge is -2.03. The second-order valence-electron chi connectivity index (χ2n) is 4.12. The van der Waals surface area contributed by atoms with Crippen LogP contribution in [-0.2, 0) is 11.2 Å². The third-order valence-corrected chi connectivity index (χ3v) is 2.58. The molecular weight excluding hydrogens is 246 g/mol. The summed E-state index contributed by atoms with van der Waals surface area (Å²) in [7, 11) is 0. The number of aromatic nitrogens is 4. The smallest absolute Gasteiger partial charge is 0.223 e. The summed E-state index contributed by atoms with van der Waals surface area (Å²) in [5.41, 5.74) is 6.34. The van der Waals surface area contributed by atoms with Crippen molar-refractivity contribution in [3.8, 4) is 11.6 Å². The molecule has 7 nitrogen and oxygen atoms in total. The van der Waals surface area contributed by atoms with Crippen molar-refractivity contribution in [1.29, 1.82) is 0 Å². The van der Waals surface area contributed by atoms with Crippen molar-refractivity contribution in [2.45, 2.75) is 13.3 Å². The summed E-state index contributed by atoms with van der Waals surface area (Å²) < 4.78 is 6.91. The second-order valence-corrected chi connectivity index (χ2v) is 4.12. The highest BCUT2D eigenvalue weighted by atomic mass is 16.3. The van der Waals surface area contributed by atoms with Gasteiger partial charge in [0, 0.05) is 6.07 Å². The van der Waals surface area contributed by atoms with Crippen molar-refractivity contribution in [2.24, 2.45) is 5.73 Å². The Labute approximate surface area is 108 Å². The van der Waals surface area contributed by atoms with E-state index in [1.165, 1.54) is 0 Å². The van der Waals surface area contributed by atoms with Crippen molar-refractivity contribution in [1.82, 2.24) is 19.6 Å². The monoisotopic (exact) mass is 257 g/mol. The quantitative estimate of drug-likeness (QED) is 0.745. The van der Waals surface area contributed by atoms with Crippen LogP contribution < -0.4 is 5.73 Å². The van der Waals surface area contributed by atoms with Crippen LogP contribution in [-0.4, -0.2) is 25.5 Å². The van der Waals surface area contributed by atoms with Gasteiger partial charge >= 0.3 is 0 Å². The van der Waals surface area contributed by atoms with E-state index >= 15 is 0 Å². The third-order valence-electron chi connectivity index (χ3n) is 2.58. The lowest BCUT2D eigenvalue weighted by Crippen LogP contribution is -2.15. The number of aryl methyl sites for hydroxylation is 1. The van der Waals surface area contributed by atoms with Gasteiger partial charge in [-0.25, -0.2) is 9.97 Å². The van der Waals surface area contributed by atoms with Gasteiger partial charge in [-0.15, -0.1) is 5.10 Å². The number of hydrogen-bond acceptors (Lipinski definition) is 5. The highest BCUT2D eigenvalue weighted by Gasteiger charge is 2.14. The summed E-state index contributed by atoms with van der Waals surface area (Å²) in [6, 6.07) is 5.22. The minimum Gasteiger partial charge on any atom is -0.461 e. The average molecular weight is 257 g/mol. The van der Waals surface area contributed by atoms with Crippen molar-refractivity contribution in [3.05, 3.63) is 36.0 Å². The summed E-state index contributed by atoms with van der Waals surface area (Å²) in [6.07, 6.45) is 1.60. The molecule has 0 fully saturated rings. The first kappa shape index (κ1) is 11.4. The summed E-state index contributed by atoms with van der Waals surface area (Å²) in [6.45, 7) is 1.78. The fraction of sp³-hybridized carbons (Fsp3) is 0.167. The van der Waals surface area contributed by atoms with Crippen LogP contribution in [0.2, 0.25) is 0 Å². The lowest BCUT2D eigenvalue weighted by atomic mass is 10.2. The number of carbonyl (C=O) groups excluding carboxylic acids is 1. The topological polar surface area (TPSA) is 99.3 Å². The fourth-order valence-corrected chi connectivity index (χ4v) is 1.88. The number of furan rings is 1. The summed E-state index contributed by atoms with van der Waals surface area (Å²) in [4.78, 5) is 19.7. The van der Waals surface area contributed by atoms with Gasteiger partial charge < -0.3 is 10.2 Å². The molecule has 0 unspecified atom stereocenters. The molecule has 0 atom stereocenters. The number of carbonyl (C=O) groups is 1. The Morgan fingerprint density at radius 3 is 3.00 bits per heavy atom. The maximum Gasteiger partial charge on any atom is 0.223 e. The van der Waals surface area contributed by atoms with Crippen LogP contribution in [0.4, 0.5) is 0 Å². The predicted octanol–water partition coefficient (Wildman–Crippen LogP) is 0.721. The first-order chi connectivity index (χ1) is 9.13. The third kappa shape index (κ3) is 2.05. The van der Waals surface area contributed by atoms with Crippen LogP contribution >= 0.6 is 0 Å². The molecule has 0 aromatic carbocycles. The molecule has 0 aliphatic heterocycles. The zero-order chi connectivity index (χ0) is 13.4. The van der Waals surface area contributed by atoms with E-state index in [2.05, 4.69) is 15.1 Å². The van der Waals surface area contributed by atoms with Crippen molar-refractivity contribution >= 4 is 11.6 Å². The molecule has 0 spiro atoms. The Morgan fingerprint density at radius 2 is 2.32 bits per heavy atom. The number of hydrogen-bond donors (Lipinski definition) is 1. The molecule has 0 bridgehead atoms. The minimum absolute atomic E-state index is 0.0517. The highest BCUT2D eigenvalue weighted by Crippen LogP contribution is 2.19. The molecule has 0 radical (unpaired) electrons. The standard InChI is InChI=1S/C12H11N5O2/c1-7-14-11-6-8(5-10(13)18)15-12(17(11)16-7)9-3-2-4-19-9/h2-4,6H,5H2,1H3,(H2,13,18). The zero-order valence-corrected chi connectivity index (χ0v) is 10.2. The predicted molar refractivity (Wildman–Crippen MR) is 66.1 cm³/mol. The van der Waals surface area contributed by atoms with E-state index < -0.39 is 5.91 Å². The van der Waals surface area contributed by atoms with Gasteiger partial charge in [-0.2, -0.15) is 4.52 Å². The Balaban J connectivity index is 2.24. The fourth-order valence-electron chi connectivity index (χ4n) is 1.88. The number of amides is 1. The van der Waals surface area contributed by atoms with Crippen LogP contribution in [0.5, 0.6) is 0 Å². The normalized spacial score (nSPS) is 11.0. The molecule has 3 rings (SSSR count). The number of rotatable bonds is 3. The van der Waals surface area contributed by atoms with Gasteiger partial charge in [0.25, 0.3) is 0 Å². The SMILES string of the molecule is Cc1nc2cc(CC(N)=O)nc(-c3ccco3)n2n1. The van der Waals surface area contributed by atoms with E-state index in [-0.39, 0.29) is 6.42 Å². The highest BCUT2D eigenvalue weighted by molar-refractivity contribution is 5.76. The summed E-state index contributed by atoms with van der Waals surface area (Å²) >= 11 is 0. The van der Waals surface area contributed by atoms with Crippen LogP contribution in [0.15, 0.2) is 28.9 Å². The Bertz CT molecular complexity index is 745. The molecule has 0 aliphatic rings. The van der Waals surface area contributed by atoms with Gasteiger partial charge in [0.2, 0.25) is 5.91 Å². The number of primary amides is 1. The van der Waals surface area contributed by atoms with Gasteiger partial charge in [0.1, 0.15) is 5.82 Å². The van der Waals surface area contributed by atoms with E-state index in [4.69, 9.17) is 10.2 Å². The Kier molecular flexibility index (Phi) is 2.52. The molecule has 0 saturated heterocycles. The van der Waals surface area contributed by atoms with E-state index in [1.807, 2.05) is 0 Å². The number of nitrogens with two attached hydrogens (primary N) is 1. The van der Waals surface area contributed by atoms with E-state index in [9.17, 15) is 4.79 Å².